The standard InChI is InChI=1S/C22H21NO/c1-3-18-14-15-22(16-18,17(2)24)23-21(19-10-6-4-7-11-19)20-12-8-5-9-13-20/h3-14H,1,15-16H2,2H3. The zero-order valence-corrected chi connectivity index (χ0v) is 13.9. The van der Waals surface area contributed by atoms with E-state index in [9.17, 15) is 4.79 Å². The second-order valence-electron chi connectivity index (χ2n) is 6.14. The summed E-state index contributed by atoms with van der Waals surface area (Å²) < 4.78 is 0. The fourth-order valence-corrected chi connectivity index (χ4v) is 3.07. The maximum Gasteiger partial charge on any atom is 0.157 e. The van der Waals surface area contributed by atoms with E-state index in [4.69, 9.17) is 4.99 Å². The molecule has 0 aliphatic heterocycles. The minimum absolute atomic E-state index is 0.0972. The third-order valence-electron chi connectivity index (χ3n) is 4.54. The lowest BCUT2D eigenvalue weighted by atomic mass is 9.90. The number of rotatable bonds is 5. The predicted molar refractivity (Wildman–Crippen MR) is 99.4 cm³/mol. The predicted octanol–water partition coefficient (Wildman–Crippen LogP) is 4.76. The van der Waals surface area contributed by atoms with Crippen LogP contribution in [0, 0.1) is 0 Å². The van der Waals surface area contributed by atoms with E-state index in [1.54, 1.807) is 6.92 Å². The van der Waals surface area contributed by atoms with Crippen LogP contribution in [0.25, 0.3) is 0 Å². The molecule has 0 fully saturated rings. The molecule has 0 N–H and O–H groups in total. The lowest BCUT2D eigenvalue weighted by Crippen LogP contribution is -2.34. The molecular weight excluding hydrogens is 294 g/mol. The molecule has 120 valence electrons. The van der Waals surface area contributed by atoms with Crippen LogP contribution >= 0.6 is 0 Å². The van der Waals surface area contributed by atoms with Crippen molar-refractivity contribution in [3.63, 3.8) is 0 Å². The molecule has 0 bridgehead atoms. The van der Waals surface area contributed by atoms with Crippen molar-refractivity contribution in [3.05, 3.63) is 96.1 Å². The smallest absolute Gasteiger partial charge is 0.157 e. The molecule has 3 rings (SSSR count). The SMILES string of the molecule is C=CC1=CCC(N=C(c2ccccc2)c2ccccc2)(C(C)=O)C1. The molecule has 0 radical (unpaired) electrons. The molecule has 2 aromatic rings. The molecular formula is C22H21NO. The lowest BCUT2D eigenvalue weighted by Gasteiger charge is -2.24. The van der Waals surface area contributed by atoms with Crippen molar-refractivity contribution in [1.82, 2.24) is 0 Å². The molecule has 0 spiro atoms. The van der Waals surface area contributed by atoms with Crippen molar-refractivity contribution in [2.45, 2.75) is 25.3 Å². The molecule has 24 heavy (non-hydrogen) atoms. The Hall–Kier alpha value is -2.74. The normalized spacial score (nSPS) is 19.5. The number of ketones is 1. The number of carbonyl (C=O) groups is 1. The number of hydrogen-bond donors (Lipinski definition) is 0. The number of allylic oxidation sites excluding steroid dienone is 1. The first-order valence-corrected chi connectivity index (χ1v) is 8.18. The summed E-state index contributed by atoms with van der Waals surface area (Å²) in [6.45, 7) is 5.47. The maximum atomic E-state index is 12.5. The molecule has 2 nitrogen and oxygen atoms in total. The van der Waals surface area contributed by atoms with Crippen LogP contribution in [0.3, 0.4) is 0 Å². The van der Waals surface area contributed by atoms with Gasteiger partial charge in [-0.05, 0) is 18.9 Å². The average molecular weight is 315 g/mol. The maximum absolute atomic E-state index is 12.5. The van der Waals surface area contributed by atoms with Gasteiger partial charge in [0, 0.05) is 17.5 Å². The number of benzene rings is 2. The molecule has 1 aliphatic carbocycles. The van der Waals surface area contributed by atoms with Crippen molar-refractivity contribution in [3.8, 4) is 0 Å². The second-order valence-corrected chi connectivity index (χ2v) is 6.14. The summed E-state index contributed by atoms with van der Waals surface area (Å²) in [6, 6.07) is 20.1. The average Bonchev–Trinajstić information content (AvgIpc) is 3.06. The van der Waals surface area contributed by atoms with Crippen molar-refractivity contribution >= 4 is 11.5 Å². The zero-order valence-electron chi connectivity index (χ0n) is 13.9. The van der Waals surface area contributed by atoms with Crippen molar-refractivity contribution in [1.29, 1.82) is 0 Å². The van der Waals surface area contributed by atoms with E-state index in [2.05, 4.69) is 12.7 Å². The minimum atomic E-state index is -0.718. The molecule has 2 heteroatoms. The molecule has 1 atom stereocenters. The van der Waals surface area contributed by atoms with Gasteiger partial charge in [-0.15, -0.1) is 0 Å². The van der Waals surface area contributed by atoms with Crippen LogP contribution in [0.2, 0.25) is 0 Å². The Bertz CT molecular complexity index is 761. The van der Waals surface area contributed by atoms with Gasteiger partial charge in [-0.25, -0.2) is 0 Å². The van der Waals surface area contributed by atoms with E-state index in [1.807, 2.05) is 66.7 Å². The Morgan fingerprint density at radius 1 is 1.04 bits per heavy atom. The molecule has 0 amide bonds. The number of Topliss-reactive ketones (excluding diaryl/α,β-unsaturated/α-hetero) is 1. The van der Waals surface area contributed by atoms with Crippen molar-refractivity contribution < 1.29 is 4.79 Å². The van der Waals surface area contributed by atoms with Gasteiger partial charge < -0.3 is 0 Å². The fraction of sp³-hybridized carbons (Fsp3) is 0.182. The quantitative estimate of drug-likeness (QED) is 0.732. The van der Waals surface area contributed by atoms with E-state index in [1.165, 1.54) is 0 Å². The van der Waals surface area contributed by atoms with Gasteiger partial charge in [-0.1, -0.05) is 79.4 Å². The van der Waals surface area contributed by atoms with Gasteiger partial charge in [0.1, 0.15) is 5.54 Å². The van der Waals surface area contributed by atoms with Crippen molar-refractivity contribution in [2.75, 3.05) is 0 Å². The van der Waals surface area contributed by atoms with E-state index < -0.39 is 5.54 Å². The van der Waals surface area contributed by atoms with Crippen LogP contribution in [0.4, 0.5) is 0 Å². The van der Waals surface area contributed by atoms with Gasteiger partial charge in [-0.3, -0.25) is 9.79 Å². The topological polar surface area (TPSA) is 29.4 Å². The van der Waals surface area contributed by atoms with Gasteiger partial charge >= 0.3 is 0 Å². The first-order valence-electron chi connectivity index (χ1n) is 8.18. The van der Waals surface area contributed by atoms with Crippen LogP contribution in [0.1, 0.15) is 30.9 Å². The summed E-state index contributed by atoms with van der Waals surface area (Å²) in [5.74, 6) is 0.0972. The minimum Gasteiger partial charge on any atom is -0.297 e. The van der Waals surface area contributed by atoms with Gasteiger partial charge in [0.2, 0.25) is 0 Å². The molecule has 1 unspecified atom stereocenters. The Morgan fingerprint density at radius 3 is 2.00 bits per heavy atom. The van der Waals surface area contributed by atoms with Crippen LogP contribution in [-0.2, 0) is 4.79 Å². The van der Waals surface area contributed by atoms with Crippen LogP contribution in [0.5, 0.6) is 0 Å². The Kier molecular flexibility index (Phi) is 4.57. The summed E-state index contributed by atoms with van der Waals surface area (Å²) in [4.78, 5) is 17.5. The highest BCUT2D eigenvalue weighted by atomic mass is 16.1. The van der Waals surface area contributed by atoms with E-state index in [-0.39, 0.29) is 5.78 Å². The number of carbonyl (C=O) groups excluding carboxylic acids is 1. The van der Waals surface area contributed by atoms with Crippen LogP contribution in [-0.4, -0.2) is 17.0 Å². The van der Waals surface area contributed by atoms with E-state index in [0.29, 0.717) is 12.8 Å². The number of nitrogens with zero attached hydrogens (tertiary/aromatic N) is 1. The second kappa shape index (κ2) is 6.79. The first-order chi connectivity index (χ1) is 11.6. The largest absolute Gasteiger partial charge is 0.297 e. The highest BCUT2D eigenvalue weighted by molar-refractivity contribution is 6.14. The van der Waals surface area contributed by atoms with Gasteiger partial charge in [0.05, 0.1) is 5.71 Å². The van der Waals surface area contributed by atoms with Gasteiger partial charge in [0.25, 0.3) is 0 Å². The van der Waals surface area contributed by atoms with Crippen LogP contribution < -0.4 is 0 Å². The summed E-state index contributed by atoms with van der Waals surface area (Å²) in [6.07, 6.45) is 5.15. The van der Waals surface area contributed by atoms with E-state index >= 15 is 0 Å². The Labute approximate surface area is 143 Å². The summed E-state index contributed by atoms with van der Waals surface area (Å²) in [5, 5.41) is 0. The molecule has 0 saturated heterocycles. The Morgan fingerprint density at radius 2 is 1.58 bits per heavy atom. The van der Waals surface area contributed by atoms with E-state index in [0.717, 1.165) is 22.4 Å². The van der Waals surface area contributed by atoms with Gasteiger partial charge in [0.15, 0.2) is 5.78 Å². The molecule has 0 heterocycles. The summed E-state index contributed by atoms with van der Waals surface area (Å²) in [7, 11) is 0. The monoisotopic (exact) mass is 315 g/mol. The summed E-state index contributed by atoms with van der Waals surface area (Å²) >= 11 is 0. The molecule has 0 saturated carbocycles. The fourth-order valence-electron chi connectivity index (χ4n) is 3.07. The third-order valence-corrected chi connectivity index (χ3v) is 4.54. The Balaban J connectivity index is 2.13. The summed E-state index contributed by atoms with van der Waals surface area (Å²) in [5.41, 5.74) is 3.29. The molecule has 1 aliphatic rings. The number of hydrogen-bond acceptors (Lipinski definition) is 2. The highest BCUT2D eigenvalue weighted by Crippen LogP contribution is 2.35. The van der Waals surface area contributed by atoms with Gasteiger partial charge in [-0.2, -0.15) is 0 Å². The van der Waals surface area contributed by atoms with Crippen LogP contribution in [0.15, 0.2) is 90.0 Å². The third kappa shape index (κ3) is 3.13. The zero-order chi connectivity index (χ0) is 17.0. The highest BCUT2D eigenvalue weighted by Gasteiger charge is 2.38. The number of aliphatic imine (C=N–C) groups is 1. The first kappa shape index (κ1) is 16.1. The molecule has 0 aromatic heterocycles. The van der Waals surface area contributed by atoms with Crippen molar-refractivity contribution in [2.24, 2.45) is 4.99 Å². The molecule has 2 aromatic carbocycles. The lowest BCUT2D eigenvalue weighted by molar-refractivity contribution is -0.121.